The van der Waals surface area contributed by atoms with Crippen molar-refractivity contribution in [1.29, 1.82) is 0 Å². The molecule has 0 radical (unpaired) electrons. The van der Waals surface area contributed by atoms with Gasteiger partial charge in [-0.05, 0) is 19.3 Å². The van der Waals surface area contributed by atoms with Crippen LogP contribution in [0.2, 0.25) is 0 Å². The van der Waals surface area contributed by atoms with Gasteiger partial charge in [0.25, 0.3) is 0 Å². The maximum Gasteiger partial charge on any atom is 0.154 e. The van der Waals surface area contributed by atoms with Crippen LogP contribution in [-0.2, 0) is 4.74 Å². The van der Waals surface area contributed by atoms with Gasteiger partial charge in [-0.1, -0.05) is 65.2 Å². The van der Waals surface area contributed by atoms with Crippen molar-refractivity contribution in [3.8, 4) is 0 Å². The first kappa shape index (κ1) is 16.9. The van der Waals surface area contributed by atoms with Gasteiger partial charge in [0.05, 0.1) is 0 Å². The van der Waals surface area contributed by atoms with E-state index in [0.29, 0.717) is 6.61 Å². The van der Waals surface area contributed by atoms with Gasteiger partial charge in [-0.3, -0.25) is 0 Å². The van der Waals surface area contributed by atoms with E-state index in [-0.39, 0.29) is 0 Å². The molecule has 0 aromatic heterocycles. The molecule has 0 aliphatic rings. The molecule has 0 saturated carbocycles. The van der Waals surface area contributed by atoms with Crippen LogP contribution >= 0.6 is 0 Å². The molecule has 0 bridgehead atoms. The van der Waals surface area contributed by atoms with Gasteiger partial charge in [0.2, 0.25) is 0 Å². The van der Waals surface area contributed by atoms with Crippen LogP contribution in [0.5, 0.6) is 0 Å². The molecule has 0 aromatic rings. The number of aliphatic hydroxyl groups is 1. The Morgan fingerprint density at radius 2 is 1.29 bits per heavy atom. The first-order valence-corrected chi connectivity index (χ1v) is 7.61. The van der Waals surface area contributed by atoms with Crippen LogP contribution in [-0.4, -0.2) is 18.0 Å². The van der Waals surface area contributed by atoms with Crippen molar-refractivity contribution in [1.82, 2.24) is 0 Å². The van der Waals surface area contributed by atoms with Gasteiger partial charge >= 0.3 is 0 Å². The zero-order chi connectivity index (χ0) is 12.8. The minimum atomic E-state index is -0.528. The molecule has 1 unspecified atom stereocenters. The van der Waals surface area contributed by atoms with Crippen molar-refractivity contribution in [2.24, 2.45) is 0 Å². The summed E-state index contributed by atoms with van der Waals surface area (Å²) in [4.78, 5) is 0. The van der Waals surface area contributed by atoms with Gasteiger partial charge in [-0.25, -0.2) is 0 Å². The maximum absolute atomic E-state index is 9.46. The highest BCUT2D eigenvalue weighted by Crippen LogP contribution is 2.11. The smallest absolute Gasteiger partial charge is 0.154 e. The average molecular weight is 244 g/mol. The van der Waals surface area contributed by atoms with Gasteiger partial charge in [-0.2, -0.15) is 0 Å². The van der Waals surface area contributed by atoms with E-state index in [0.717, 1.165) is 19.3 Å². The number of ether oxygens (including phenoxy) is 1. The lowest BCUT2D eigenvalue weighted by Crippen LogP contribution is -2.12. The summed E-state index contributed by atoms with van der Waals surface area (Å²) in [6.45, 7) is 5.00. The molecule has 0 aliphatic heterocycles. The predicted molar refractivity (Wildman–Crippen MR) is 74.1 cm³/mol. The Labute approximate surface area is 108 Å². The van der Waals surface area contributed by atoms with Gasteiger partial charge in [0, 0.05) is 6.61 Å². The summed E-state index contributed by atoms with van der Waals surface area (Å²) in [7, 11) is 0. The molecule has 0 rings (SSSR count). The second-order valence-corrected chi connectivity index (χ2v) is 4.94. The third-order valence-corrected chi connectivity index (χ3v) is 3.07. The molecule has 1 atom stereocenters. The highest BCUT2D eigenvalue weighted by atomic mass is 16.6. The third kappa shape index (κ3) is 13.9. The van der Waals surface area contributed by atoms with E-state index in [1.165, 1.54) is 51.4 Å². The topological polar surface area (TPSA) is 29.5 Å². The Bertz CT molecular complexity index is 137. The molecule has 0 spiro atoms. The van der Waals surface area contributed by atoms with E-state index < -0.39 is 6.29 Å². The molecule has 0 amide bonds. The molecule has 104 valence electrons. The summed E-state index contributed by atoms with van der Waals surface area (Å²) < 4.78 is 5.22. The van der Waals surface area contributed by atoms with Crippen molar-refractivity contribution in [2.45, 2.75) is 90.8 Å². The lowest BCUT2D eigenvalue weighted by atomic mass is 10.1. The first-order valence-electron chi connectivity index (χ1n) is 7.61. The SMILES string of the molecule is CCCCCCCCCCCC(O)OCCC. The summed E-state index contributed by atoms with van der Waals surface area (Å²) in [5.41, 5.74) is 0. The molecule has 0 fully saturated rings. The molecule has 2 heteroatoms. The fourth-order valence-electron chi connectivity index (χ4n) is 1.97. The van der Waals surface area contributed by atoms with E-state index >= 15 is 0 Å². The Balaban J connectivity index is 3.02. The number of unbranched alkanes of at least 4 members (excludes halogenated alkanes) is 8. The monoisotopic (exact) mass is 244 g/mol. The lowest BCUT2D eigenvalue weighted by Gasteiger charge is -2.10. The van der Waals surface area contributed by atoms with E-state index in [1.54, 1.807) is 0 Å². The standard InChI is InChI=1S/C15H32O2/c1-3-5-6-7-8-9-10-11-12-13-15(16)17-14-4-2/h15-16H,3-14H2,1-2H3. The molecular weight excluding hydrogens is 212 g/mol. The molecule has 2 nitrogen and oxygen atoms in total. The highest BCUT2D eigenvalue weighted by Gasteiger charge is 2.02. The summed E-state index contributed by atoms with van der Waals surface area (Å²) >= 11 is 0. The average Bonchev–Trinajstić information content (AvgIpc) is 2.34. The van der Waals surface area contributed by atoms with E-state index in [9.17, 15) is 5.11 Å². The fraction of sp³-hybridized carbons (Fsp3) is 1.00. The van der Waals surface area contributed by atoms with Crippen molar-refractivity contribution >= 4 is 0 Å². The summed E-state index contributed by atoms with van der Waals surface area (Å²) in [6, 6.07) is 0. The van der Waals surface area contributed by atoms with Crippen molar-refractivity contribution in [3.63, 3.8) is 0 Å². The number of rotatable bonds is 13. The van der Waals surface area contributed by atoms with E-state index in [4.69, 9.17) is 4.74 Å². The van der Waals surface area contributed by atoms with Crippen LogP contribution in [0.25, 0.3) is 0 Å². The quantitative estimate of drug-likeness (QED) is 0.377. The summed E-state index contributed by atoms with van der Waals surface area (Å²) in [6.07, 6.45) is 13.2. The van der Waals surface area contributed by atoms with Crippen molar-refractivity contribution < 1.29 is 9.84 Å². The van der Waals surface area contributed by atoms with Crippen LogP contribution < -0.4 is 0 Å². The van der Waals surface area contributed by atoms with Crippen LogP contribution in [0.15, 0.2) is 0 Å². The number of hydrogen-bond acceptors (Lipinski definition) is 2. The van der Waals surface area contributed by atoms with Crippen molar-refractivity contribution in [3.05, 3.63) is 0 Å². The molecule has 17 heavy (non-hydrogen) atoms. The molecule has 0 heterocycles. The zero-order valence-corrected chi connectivity index (χ0v) is 11.9. The third-order valence-electron chi connectivity index (χ3n) is 3.07. The summed E-state index contributed by atoms with van der Waals surface area (Å²) in [5, 5.41) is 9.46. The molecule has 0 aromatic carbocycles. The van der Waals surface area contributed by atoms with Crippen LogP contribution in [0.4, 0.5) is 0 Å². The largest absolute Gasteiger partial charge is 0.368 e. The fourth-order valence-corrected chi connectivity index (χ4v) is 1.97. The number of hydrogen-bond donors (Lipinski definition) is 1. The minimum Gasteiger partial charge on any atom is -0.368 e. The maximum atomic E-state index is 9.46. The van der Waals surface area contributed by atoms with Crippen LogP contribution in [0, 0.1) is 0 Å². The van der Waals surface area contributed by atoms with E-state index in [1.807, 2.05) is 0 Å². The Morgan fingerprint density at radius 3 is 1.82 bits per heavy atom. The van der Waals surface area contributed by atoms with E-state index in [2.05, 4.69) is 13.8 Å². The minimum absolute atomic E-state index is 0.528. The molecular formula is C15H32O2. The summed E-state index contributed by atoms with van der Waals surface area (Å²) in [5.74, 6) is 0. The first-order chi connectivity index (χ1) is 8.31. The van der Waals surface area contributed by atoms with Gasteiger partial charge < -0.3 is 9.84 Å². The lowest BCUT2D eigenvalue weighted by molar-refractivity contribution is -0.104. The molecule has 1 N–H and O–H groups in total. The Kier molecular flexibility index (Phi) is 13.9. The van der Waals surface area contributed by atoms with Crippen LogP contribution in [0.3, 0.4) is 0 Å². The van der Waals surface area contributed by atoms with Gasteiger partial charge in [-0.15, -0.1) is 0 Å². The second-order valence-electron chi connectivity index (χ2n) is 4.94. The molecule has 0 saturated heterocycles. The normalized spacial score (nSPS) is 12.9. The van der Waals surface area contributed by atoms with Gasteiger partial charge in [0.15, 0.2) is 6.29 Å². The number of aliphatic hydroxyl groups excluding tert-OH is 1. The Hall–Kier alpha value is -0.0800. The zero-order valence-electron chi connectivity index (χ0n) is 11.9. The Morgan fingerprint density at radius 1 is 0.765 bits per heavy atom. The predicted octanol–water partition coefficient (Wildman–Crippen LogP) is 4.65. The van der Waals surface area contributed by atoms with Crippen molar-refractivity contribution in [2.75, 3.05) is 6.61 Å². The second kappa shape index (κ2) is 14.0. The molecule has 0 aliphatic carbocycles. The van der Waals surface area contributed by atoms with Gasteiger partial charge in [0.1, 0.15) is 0 Å². The van der Waals surface area contributed by atoms with Crippen LogP contribution in [0.1, 0.15) is 84.5 Å². The highest BCUT2D eigenvalue weighted by molar-refractivity contribution is 4.49.